The molecule has 100 heavy (non-hydrogen) atoms. The van der Waals surface area contributed by atoms with Crippen molar-refractivity contribution >= 4 is 0 Å². The van der Waals surface area contributed by atoms with Gasteiger partial charge in [-0.3, -0.25) is 19.6 Å². The Bertz CT molecular complexity index is 1440. The van der Waals surface area contributed by atoms with Crippen molar-refractivity contribution in [3.8, 4) is 0 Å². The van der Waals surface area contributed by atoms with E-state index in [4.69, 9.17) is 0 Å². The summed E-state index contributed by atoms with van der Waals surface area (Å²) in [6.45, 7) is 95.3. The first-order chi connectivity index (χ1) is 46.9. The molecule has 0 aromatic heterocycles. The first-order valence-electron chi connectivity index (χ1n) is 44.8. The molecule has 600 valence electrons. The summed E-state index contributed by atoms with van der Waals surface area (Å²) < 4.78 is 0. The standard InChI is InChI=1S/C13H26.2C12H25N.C12H24.C11H24N2.2C11H23N.C10H22N2/c1-10(2)12-6-5-7-13(9-8-12)11(3)4;2*1-10(2)12-6-5-8-13(9-7-12)11(3)4;1-9(2)11-5-7-12(8-6-11)10(3)4;1-10(2)12-6-5-7-13(9-8-12)11(3)4;3*1-9(2)11-5-7-12(8-6-11)10(3)4/h10-13H,5-9H2,1-4H3;2*10-12H,5-9H2,1-4H3;9-12H,5-8H2,1-4H3;10-11H,5-9H2,1-4H3;2*9-11H,5-8H2,1-4H3;9-10H,5-8H2,1-4H3. The fourth-order valence-electron chi connectivity index (χ4n) is 17.8. The zero-order chi connectivity index (χ0) is 75.9. The van der Waals surface area contributed by atoms with E-state index in [1.54, 1.807) is 0 Å². The van der Waals surface area contributed by atoms with E-state index in [0.717, 1.165) is 131 Å². The molecule has 8 heteroatoms. The van der Waals surface area contributed by atoms with Gasteiger partial charge >= 0.3 is 0 Å². The predicted molar refractivity (Wildman–Crippen MR) is 453 cm³/mol. The van der Waals surface area contributed by atoms with Crippen LogP contribution >= 0.6 is 0 Å². The van der Waals surface area contributed by atoms with Gasteiger partial charge in [0.1, 0.15) is 0 Å². The minimum absolute atomic E-state index is 0.715. The molecule has 6 aliphatic heterocycles. The summed E-state index contributed by atoms with van der Waals surface area (Å²) in [6, 6.07) is 5.85. The fraction of sp³-hybridized carbons (Fsp3) is 1.00. The van der Waals surface area contributed by atoms with Crippen molar-refractivity contribution in [2.24, 2.45) is 94.7 Å². The average Bonchev–Trinajstić information content (AvgIpc) is 1.64. The summed E-state index contributed by atoms with van der Waals surface area (Å²) in [6.07, 6.45) is 28.9. The van der Waals surface area contributed by atoms with Crippen molar-refractivity contribution in [3.05, 3.63) is 0 Å². The third kappa shape index (κ3) is 41.9. The molecule has 0 radical (unpaired) electrons. The normalized spacial score (nSPS) is 25.8. The smallest absolute Gasteiger partial charge is 0.0113 e. The second kappa shape index (κ2) is 54.3. The molecule has 6 saturated heterocycles. The predicted octanol–water partition coefficient (Wildman–Crippen LogP) is 23.7. The summed E-state index contributed by atoms with van der Waals surface area (Å²) in [5.41, 5.74) is 0. The molecule has 4 unspecified atom stereocenters. The van der Waals surface area contributed by atoms with Crippen LogP contribution in [-0.2, 0) is 0 Å². The lowest BCUT2D eigenvalue weighted by atomic mass is 9.73. The van der Waals surface area contributed by atoms with Gasteiger partial charge in [0.05, 0.1) is 0 Å². The van der Waals surface area contributed by atoms with Crippen molar-refractivity contribution in [1.29, 1.82) is 0 Å². The molecule has 0 amide bonds. The zero-order valence-electron chi connectivity index (χ0n) is 74.9. The van der Waals surface area contributed by atoms with Crippen molar-refractivity contribution < 1.29 is 0 Å². The molecule has 2 aliphatic carbocycles. The van der Waals surface area contributed by atoms with E-state index >= 15 is 0 Å². The number of piperazine rings is 1. The number of likely N-dealkylation sites (tertiary alicyclic amines) is 4. The number of hydrogen-bond acceptors (Lipinski definition) is 8. The summed E-state index contributed by atoms with van der Waals surface area (Å²) in [5, 5.41) is 0. The van der Waals surface area contributed by atoms with Crippen molar-refractivity contribution in [2.45, 2.75) is 398 Å². The second-order valence-corrected chi connectivity index (χ2v) is 39.1. The van der Waals surface area contributed by atoms with Crippen molar-refractivity contribution in [1.82, 2.24) is 39.2 Å². The van der Waals surface area contributed by atoms with Gasteiger partial charge in [0.15, 0.2) is 0 Å². The molecular formula is C92H192N8. The highest BCUT2D eigenvalue weighted by Gasteiger charge is 2.29. The molecule has 0 aromatic carbocycles. The minimum Gasteiger partial charge on any atom is -0.301 e. The summed E-state index contributed by atoms with van der Waals surface area (Å²) in [5.74, 6) is 15.2. The molecule has 0 N–H and O–H groups in total. The van der Waals surface area contributed by atoms with Gasteiger partial charge < -0.3 is 19.6 Å². The summed E-state index contributed by atoms with van der Waals surface area (Å²) in [4.78, 5) is 20.7. The van der Waals surface area contributed by atoms with Crippen LogP contribution in [0.2, 0.25) is 0 Å². The Labute approximate surface area is 633 Å². The average molecular weight is 1410 g/mol. The lowest BCUT2D eigenvalue weighted by molar-refractivity contribution is 0.0887. The van der Waals surface area contributed by atoms with Crippen LogP contribution in [0.4, 0.5) is 0 Å². The topological polar surface area (TPSA) is 25.9 Å². The molecule has 8 aliphatic rings. The van der Waals surface area contributed by atoms with Crippen LogP contribution in [0.5, 0.6) is 0 Å². The highest BCUT2D eigenvalue weighted by Crippen LogP contribution is 2.38. The highest BCUT2D eigenvalue weighted by atomic mass is 15.3. The second-order valence-electron chi connectivity index (χ2n) is 39.1. The Morgan fingerprint density at radius 2 is 0.260 bits per heavy atom. The third-order valence-electron chi connectivity index (χ3n) is 26.9. The van der Waals surface area contributed by atoms with Crippen LogP contribution in [-0.4, -0.2) is 192 Å². The van der Waals surface area contributed by atoms with Crippen LogP contribution < -0.4 is 0 Å². The number of nitrogens with zero attached hydrogens (tertiary/aromatic N) is 8. The number of rotatable bonds is 16. The maximum atomic E-state index is 2.63. The first-order valence-corrected chi connectivity index (χ1v) is 44.8. The molecule has 0 aromatic rings. The van der Waals surface area contributed by atoms with Crippen LogP contribution in [0.15, 0.2) is 0 Å². The van der Waals surface area contributed by atoms with Gasteiger partial charge in [0, 0.05) is 87.6 Å². The quantitative estimate of drug-likeness (QED) is 0.141. The molecular weight excluding hydrogens is 1220 g/mol. The maximum absolute atomic E-state index is 2.63. The first kappa shape index (κ1) is 97.7. The van der Waals surface area contributed by atoms with Gasteiger partial charge in [-0.25, -0.2) is 0 Å². The van der Waals surface area contributed by atoms with E-state index in [0.29, 0.717) is 12.1 Å². The largest absolute Gasteiger partial charge is 0.301 e. The molecule has 6 heterocycles. The molecule has 2 saturated carbocycles. The summed E-state index contributed by atoms with van der Waals surface area (Å²) >= 11 is 0. The Balaban J connectivity index is 0.000000572. The van der Waals surface area contributed by atoms with E-state index in [1.165, 1.54) is 233 Å². The van der Waals surface area contributed by atoms with Gasteiger partial charge in [0.2, 0.25) is 0 Å². The lowest BCUT2D eigenvalue weighted by Crippen LogP contribution is -2.50. The lowest BCUT2D eigenvalue weighted by Gasteiger charge is -2.38. The maximum Gasteiger partial charge on any atom is 0.0113 e. The molecule has 8 fully saturated rings. The fourth-order valence-corrected chi connectivity index (χ4v) is 17.8. The van der Waals surface area contributed by atoms with E-state index in [-0.39, 0.29) is 0 Å². The Morgan fingerprint density at radius 3 is 0.450 bits per heavy atom. The van der Waals surface area contributed by atoms with Gasteiger partial charge in [-0.1, -0.05) is 130 Å². The summed E-state index contributed by atoms with van der Waals surface area (Å²) in [7, 11) is 0. The van der Waals surface area contributed by atoms with Crippen LogP contribution in [0.3, 0.4) is 0 Å². The molecule has 4 atom stereocenters. The Kier molecular flexibility index (Phi) is 53.0. The van der Waals surface area contributed by atoms with E-state index < -0.39 is 0 Å². The highest BCUT2D eigenvalue weighted by molar-refractivity contribution is 4.82. The molecule has 8 rings (SSSR count). The van der Waals surface area contributed by atoms with Gasteiger partial charge in [-0.05, 0) is 380 Å². The van der Waals surface area contributed by atoms with Gasteiger partial charge in [0.25, 0.3) is 0 Å². The minimum atomic E-state index is 0.715. The van der Waals surface area contributed by atoms with E-state index in [1.807, 2.05) is 0 Å². The third-order valence-corrected chi connectivity index (χ3v) is 26.9. The number of hydrogen-bond donors (Lipinski definition) is 0. The molecule has 8 nitrogen and oxygen atoms in total. The SMILES string of the molecule is CC(C)C1CCC(C(C)C)CC1.CC(C)C1CCCC(C(C)C)CC1.CC(C)C1CCCN(C(C)C)CC1.CC(C)C1CCCN(C(C)C)CC1.CC(C)C1CCN(C(C)C)CC1.CC(C)C1CCN(C(C)C)CC1.CC(C)N1CCCN(C(C)C)CC1.CC(C)N1CCN(C(C)C)CC1. The van der Waals surface area contributed by atoms with Gasteiger partial charge in [-0.2, -0.15) is 0 Å². The Morgan fingerprint density at radius 1 is 0.130 bits per heavy atom. The van der Waals surface area contributed by atoms with Crippen LogP contribution in [0, 0.1) is 94.7 Å². The Hall–Kier alpha value is -0.320. The van der Waals surface area contributed by atoms with Crippen molar-refractivity contribution in [3.63, 3.8) is 0 Å². The van der Waals surface area contributed by atoms with E-state index in [2.05, 4.69) is 261 Å². The zero-order valence-corrected chi connectivity index (χ0v) is 74.9. The number of piperidine rings is 2. The van der Waals surface area contributed by atoms with Crippen molar-refractivity contribution in [2.75, 3.05) is 105 Å². The molecule has 0 spiro atoms. The monoisotopic (exact) mass is 1410 g/mol. The van der Waals surface area contributed by atoms with E-state index in [9.17, 15) is 0 Å². The van der Waals surface area contributed by atoms with Gasteiger partial charge in [-0.15, -0.1) is 0 Å². The van der Waals surface area contributed by atoms with Crippen LogP contribution in [0.25, 0.3) is 0 Å². The van der Waals surface area contributed by atoms with Crippen LogP contribution in [0.1, 0.15) is 350 Å². The molecule has 0 bridgehead atoms.